The minimum absolute atomic E-state index is 0.146. The van der Waals surface area contributed by atoms with Gasteiger partial charge < -0.3 is 19.5 Å². The first kappa shape index (κ1) is 13.1. The summed E-state index contributed by atoms with van der Waals surface area (Å²) >= 11 is 0. The monoisotopic (exact) mass is 277 g/mol. The summed E-state index contributed by atoms with van der Waals surface area (Å²) in [6.07, 6.45) is -0.649. The number of hydrogen-bond acceptors (Lipinski definition) is 4. The molecule has 2 aliphatic rings. The number of para-hydroxylation sites is 1. The Kier molecular flexibility index (Phi) is 3.42. The lowest BCUT2D eigenvalue weighted by Crippen LogP contribution is -2.45. The molecule has 1 saturated heterocycles. The van der Waals surface area contributed by atoms with Crippen LogP contribution in [0.15, 0.2) is 24.3 Å². The van der Waals surface area contributed by atoms with Crippen LogP contribution in [0, 0.1) is 0 Å². The number of carboxylic acids is 1. The average Bonchev–Trinajstić information content (AvgIpc) is 2.87. The number of carbonyl (C=O) groups is 2. The fourth-order valence-corrected chi connectivity index (χ4v) is 2.63. The molecule has 1 aromatic carbocycles. The van der Waals surface area contributed by atoms with Gasteiger partial charge in [0, 0.05) is 12.2 Å². The van der Waals surface area contributed by atoms with E-state index in [2.05, 4.69) is 0 Å². The summed E-state index contributed by atoms with van der Waals surface area (Å²) in [5.41, 5.74) is 1.32. The summed E-state index contributed by atoms with van der Waals surface area (Å²) < 4.78 is 10.6. The zero-order valence-corrected chi connectivity index (χ0v) is 10.8. The van der Waals surface area contributed by atoms with Crippen LogP contribution in [0.3, 0.4) is 0 Å². The highest BCUT2D eigenvalue weighted by Crippen LogP contribution is 2.36. The molecule has 6 nitrogen and oxygen atoms in total. The van der Waals surface area contributed by atoms with E-state index in [-0.39, 0.29) is 19.1 Å². The summed E-state index contributed by atoms with van der Waals surface area (Å²) in [5.74, 6) is -1.84. The zero-order valence-electron chi connectivity index (χ0n) is 10.8. The third-order valence-electron chi connectivity index (χ3n) is 3.62. The molecule has 0 radical (unpaired) electrons. The van der Waals surface area contributed by atoms with E-state index in [0.717, 1.165) is 0 Å². The number of aliphatic carboxylic acids is 1. The molecular formula is C14H15NO5. The Bertz CT molecular complexity index is 538. The zero-order chi connectivity index (χ0) is 14.1. The maximum Gasteiger partial charge on any atom is 0.312 e. The fraction of sp³-hybridized carbons (Fsp3) is 0.429. The van der Waals surface area contributed by atoms with Crippen molar-refractivity contribution >= 4 is 17.6 Å². The van der Waals surface area contributed by atoms with Crippen LogP contribution in [0.5, 0.6) is 0 Å². The van der Waals surface area contributed by atoms with Gasteiger partial charge in [-0.25, -0.2) is 0 Å². The average molecular weight is 277 g/mol. The van der Waals surface area contributed by atoms with E-state index in [4.69, 9.17) is 9.47 Å². The number of benzene rings is 1. The maximum absolute atomic E-state index is 12.5. The van der Waals surface area contributed by atoms with Crippen molar-refractivity contribution in [2.45, 2.75) is 12.0 Å². The number of fused-ring (bicyclic) bond motifs is 1. The van der Waals surface area contributed by atoms with Crippen molar-refractivity contribution in [1.82, 2.24) is 0 Å². The van der Waals surface area contributed by atoms with Gasteiger partial charge in [-0.3, -0.25) is 9.59 Å². The molecule has 1 amide bonds. The van der Waals surface area contributed by atoms with Gasteiger partial charge in [-0.2, -0.15) is 0 Å². The van der Waals surface area contributed by atoms with Gasteiger partial charge in [-0.15, -0.1) is 0 Å². The highest BCUT2D eigenvalue weighted by atomic mass is 16.6. The third-order valence-corrected chi connectivity index (χ3v) is 3.62. The smallest absolute Gasteiger partial charge is 0.312 e. The second-order valence-electron chi connectivity index (χ2n) is 4.83. The molecule has 6 heteroatoms. The molecule has 1 fully saturated rings. The lowest BCUT2D eigenvalue weighted by molar-refractivity contribution is -0.144. The normalized spacial score (nSPS) is 25.3. The van der Waals surface area contributed by atoms with Crippen molar-refractivity contribution in [3.8, 4) is 0 Å². The van der Waals surface area contributed by atoms with Gasteiger partial charge in [0.2, 0.25) is 0 Å². The number of amides is 1. The predicted octanol–water partition coefficient (Wildman–Crippen LogP) is 0.617. The topological polar surface area (TPSA) is 76.1 Å². The molecule has 2 atom stereocenters. The minimum Gasteiger partial charge on any atom is -0.481 e. The molecule has 0 aliphatic carbocycles. The molecule has 3 rings (SSSR count). The number of rotatable bonds is 2. The summed E-state index contributed by atoms with van der Waals surface area (Å²) in [6, 6.07) is 7.09. The Morgan fingerprint density at radius 1 is 1.25 bits per heavy atom. The Hall–Kier alpha value is -1.92. The molecule has 0 aromatic heterocycles. The van der Waals surface area contributed by atoms with Gasteiger partial charge in [-0.05, 0) is 11.6 Å². The molecule has 1 N–H and O–H groups in total. The Morgan fingerprint density at radius 3 is 2.75 bits per heavy atom. The van der Waals surface area contributed by atoms with E-state index in [1.54, 1.807) is 24.3 Å². The number of hydrogen-bond donors (Lipinski definition) is 1. The van der Waals surface area contributed by atoms with Crippen LogP contribution in [-0.2, 0) is 19.1 Å². The van der Waals surface area contributed by atoms with E-state index in [9.17, 15) is 14.7 Å². The summed E-state index contributed by atoms with van der Waals surface area (Å²) in [5, 5.41) is 9.28. The van der Waals surface area contributed by atoms with E-state index in [1.807, 2.05) is 0 Å². The number of anilines is 1. The quantitative estimate of drug-likeness (QED) is 0.857. The first-order chi connectivity index (χ1) is 9.68. The molecule has 0 spiro atoms. The summed E-state index contributed by atoms with van der Waals surface area (Å²) in [6.45, 7) is 1.23. The maximum atomic E-state index is 12.5. The van der Waals surface area contributed by atoms with Gasteiger partial charge in [0.1, 0.15) is 5.92 Å². The lowest BCUT2D eigenvalue weighted by atomic mass is 10.0. The fourth-order valence-electron chi connectivity index (χ4n) is 2.63. The SMILES string of the molecule is O=C(O)C1CN(C(=O)C2COCCO2)c2ccccc21. The van der Waals surface area contributed by atoms with Crippen molar-refractivity contribution in [2.24, 2.45) is 0 Å². The molecule has 0 bridgehead atoms. The van der Waals surface area contributed by atoms with Crippen LogP contribution in [0.1, 0.15) is 11.5 Å². The van der Waals surface area contributed by atoms with Crippen molar-refractivity contribution < 1.29 is 24.2 Å². The molecule has 20 heavy (non-hydrogen) atoms. The van der Waals surface area contributed by atoms with Crippen LogP contribution in [0.25, 0.3) is 0 Å². The highest BCUT2D eigenvalue weighted by molar-refractivity contribution is 6.01. The molecule has 2 aliphatic heterocycles. The van der Waals surface area contributed by atoms with Gasteiger partial charge in [0.15, 0.2) is 6.10 Å². The van der Waals surface area contributed by atoms with Gasteiger partial charge in [0.25, 0.3) is 5.91 Å². The number of carboxylic acid groups (broad SMARTS) is 1. The van der Waals surface area contributed by atoms with Crippen LogP contribution in [0.2, 0.25) is 0 Å². The first-order valence-corrected chi connectivity index (χ1v) is 6.51. The predicted molar refractivity (Wildman–Crippen MR) is 69.7 cm³/mol. The Morgan fingerprint density at radius 2 is 2.05 bits per heavy atom. The number of nitrogens with zero attached hydrogens (tertiary/aromatic N) is 1. The number of carbonyl (C=O) groups excluding carboxylic acids is 1. The van der Waals surface area contributed by atoms with Crippen molar-refractivity contribution in [3.63, 3.8) is 0 Å². The van der Waals surface area contributed by atoms with Gasteiger partial charge in [0.05, 0.1) is 19.8 Å². The van der Waals surface area contributed by atoms with Gasteiger partial charge >= 0.3 is 5.97 Å². The minimum atomic E-state index is -0.923. The third kappa shape index (κ3) is 2.17. The van der Waals surface area contributed by atoms with Gasteiger partial charge in [-0.1, -0.05) is 18.2 Å². The van der Waals surface area contributed by atoms with Crippen LogP contribution < -0.4 is 4.90 Å². The van der Waals surface area contributed by atoms with Crippen molar-refractivity contribution in [1.29, 1.82) is 0 Å². The van der Waals surface area contributed by atoms with Crippen LogP contribution >= 0.6 is 0 Å². The summed E-state index contributed by atoms with van der Waals surface area (Å²) in [4.78, 5) is 25.3. The molecule has 2 unspecified atom stereocenters. The summed E-state index contributed by atoms with van der Waals surface area (Å²) in [7, 11) is 0. The second kappa shape index (κ2) is 5.22. The lowest BCUT2D eigenvalue weighted by Gasteiger charge is -2.27. The van der Waals surface area contributed by atoms with E-state index >= 15 is 0 Å². The van der Waals surface area contributed by atoms with E-state index in [1.165, 1.54) is 4.90 Å². The van der Waals surface area contributed by atoms with E-state index in [0.29, 0.717) is 24.5 Å². The van der Waals surface area contributed by atoms with Crippen LogP contribution in [0.4, 0.5) is 5.69 Å². The standard InChI is InChI=1S/C14H15NO5/c16-13(12-8-19-5-6-20-12)15-7-10(14(17)18)9-3-1-2-4-11(9)15/h1-4,10,12H,5-8H2,(H,17,18). The molecule has 106 valence electrons. The highest BCUT2D eigenvalue weighted by Gasteiger charge is 2.39. The van der Waals surface area contributed by atoms with E-state index < -0.39 is 18.0 Å². The van der Waals surface area contributed by atoms with Crippen LogP contribution in [-0.4, -0.2) is 49.5 Å². The second-order valence-corrected chi connectivity index (χ2v) is 4.83. The van der Waals surface area contributed by atoms with Crippen molar-refractivity contribution in [3.05, 3.63) is 29.8 Å². The molecule has 1 aromatic rings. The Balaban J connectivity index is 1.87. The number of ether oxygens (including phenoxy) is 2. The molecule has 0 saturated carbocycles. The van der Waals surface area contributed by atoms with Crippen molar-refractivity contribution in [2.75, 3.05) is 31.3 Å². The Labute approximate surface area is 115 Å². The largest absolute Gasteiger partial charge is 0.481 e. The molecule has 2 heterocycles. The first-order valence-electron chi connectivity index (χ1n) is 6.51. The molecular weight excluding hydrogens is 262 g/mol.